The van der Waals surface area contributed by atoms with Crippen LogP contribution in [0.15, 0.2) is 41.1 Å². The van der Waals surface area contributed by atoms with E-state index in [1.54, 1.807) is 12.3 Å². The summed E-state index contributed by atoms with van der Waals surface area (Å²) in [7, 11) is 0. The molecule has 0 amide bonds. The van der Waals surface area contributed by atoms with Gasteiger partial charge in [-0.05, 0) is 24.3 Å². The van der Waals surface area contributed by atoms with Gasteiger partial charge in [0.2, 0.25) is 0 Å². The number of fused-ring (bicyclic) bond motifs is 1. The monoisotopic (exact) mass is 301 g/mol. The maximum Gasteiger partial charge on any atom is 0.186 e. The van der Waals surface area contributed by atoms with E-state index in [0.29, 0.717) is 15.7 Å². The fraction of sp³-hybridized carbons (Fsp3) is 0.0714. The van der Waals surface area contributed by atoms with Gasteiger partial charge in [0.25, 0.3) is 0 Å². The number of hydrogen-bond acceptors (Lipinski definition) is 5. The summed E-state index contributed by atoms with van der Waals surface area (Å²) in [6.07, 6.45) is 1.70. The minimum Gasteiger partial charge on any atom is -0.347 e. The molecule has 0 radical (unpaired) electrons. The van der Waals surface area contributed by atoms with Crippen LogP contribution in [0.2, 0.25) is 5.02 Å². The smallest absolute Gasteiger partial charge is 0.186 e. The average Bonchev–Trinajstić information content (AvgIpc) is 2.82. The van der Waals surface area contributed by atoms with Gasteiger partial charge >= 0.3 is 0 Å². The Balaban J connectivity index is 2.12. The van der Waals surface area contributed by atoms with Gasteiger partial charge in [-0.3, -0.25) is 9.78 Å². The van der Waals surface area contributed by atoms with Crippen molar-refractivity contribution in [3.8, 4) is 6.07 Å². The molecule has 0 atom stereocenters. The molecule has 0 saturated heterocycles. The minimum absolute atomic E-state index is 0.158. The highest BCUT2D eigenvalue weighted by Gasteiger charge is 2.24. The third-order valence-electron chi connectivity index (χ3n) is 2.94. The summed E-state index contributed by atoms with van der Waals surface area (Å²) < 4.78 is 0. The highest BCUT2D eigenvalue weighted by atomic mass is 35.5. The van der Waals surface area contributed by atoms with E-state index in [0.717, 1.165) is 10.9 Å². The Hall–Kier alpha value is -2.03. The Morgan fingerprint density at radius 1 is 1.40 bits per heavy atom. The molecular weight excluding hydrogens is 294 g/mol. The number of nitrogens with zero attached hydrogens (tertiary/aromatic N) is 2. The van der Waals surface area contributed by atoms with E-state index in [4.69, 9.17) is 16.9 Å². The topological polar surface area (TPSA) is 65.8 Å². The lowest BCUT2D eigenvalue weighted by atomic mass is 10.1. The number of Topliss-reactive ketones (excluding diaryl/α,β-unsaturated/α-hetero) is 1. The molecule has 6 heteroatoms. The van der Waals surface area contributed by atoms with Gasteiger partial charge in [-0.15, -0.1) is 0 Å². The number of thioether (sulfide) groups is 1. The van der Waals surface area contributed by atoms with Gasteiger partial charge in [-0.1, -0.05) is 23.4 Å². The number of ketones is 1. The fourth-order valence-electron chi connectivity index (χ4n) is 1.99. The molecule has 2 heterocycles. The number of benzene rings is 1. The first-order valence-corrected chi connectivity index (χ1v) is 7.17. The van der Waals surface area contributed by atoms with E-state index in [-0.39, 0.29) is 17.1 Å². The van der Waals surface area contributed by atoms with Crippen LogP contribution in [-0.2, 0) is 4.79 Å². The van der Waals surface area contributed by atoms with Crippen LogP contribution in [0.25, 0.3) is 10.9 Å². The lowest BCUT2D eigenvalue weighted by molar-refractivity contribution is -0.112. The third kappa shape index (κ3) is 2.13. The quantitative estimate of drug-likeness (QED) is 0.921. The van der Waals surface area contributed by atoms with E-state index in [1.807, 2.05) is 24.3 Å². The highest BCUT2D eigenvalue weighted by molar-refractivity contribution is 8.04. The number of allylic oxidation sites excluding steroid dienone is 1. The Morgan fingerprint density at radius 3 is 3.05 bits per heavy atom. The number of nitriles is 1. The number of hydrogen-bond donors (Lipinski definition) is 1. The van der Waals surface area contributed by atoms with Crippen molar-refractivity contribution in [1.82, 2.24) is 4.98 Å². The second-order valence-corrected chi connectivity index (χ2v) is 5.54. The van der Waals surface area contributed by atoms with Crippen molar-refractivity contribution in [3.05, 3.63) is 46.1 Å². The van der Waals surface area contributed by atoms with Crippen LogP contribution < -0.4 is 5.32 Å². The molecule has 0 bridgehead atoms. The summed E-state index contributed by atoms with van der Waals surface area (Å²) in [6, 6.07) is 9.22. The van der Waals surface area contributed by atoms with Crippen LogP contribution >= 0.6 is 23.4 Å². The molecule has 1 aliphatic rings. The molecule has 0 spiro atoms. The number of pyridine rings is 1. The lowest BCUT2D eigenvalue weighted by Crippen LogP contribution is -2.01. The Morgan fingerprint density at radius 2 is 2.25 bits per heavy atom. The number of aromatic nitrogens is 1. The van der Waals surface area contributed by atoms with Crippen molar-refractivity contribution in [2.45, 2.75) is 0 Å². The number of carbonyl (C=O) groups is 1. The summed E-state index contributed by atoms with van der Waals surface area (Å²) in [5.74, 6) is 0.126. The Bertz CT molecular complexity index is 795. The van der Waals surface area contributed by atoms with Crippen molar-refractivity contribution in [3.63, 3.8) is 0 Å². The van der Waals surface area contributed by atoms with Crippen LogP contribution in [0, 0.1) is 11.3 Å². The Kier molecular flexibility index (Phi) is 3.35. The van der Waals surface area contributed by atoms with Crippen molar-refractivity contribution in [1.29, 1.82) is 5.26 Å². The third-order valence-corrected chi connectivity index (χ3v) is 4.25. The van der Waals surface area contributed by atoms with Gasteiger partial charge in [0, 0.05) is 11.6 Å². The maximum atomic E-state index is 11.6. The van der Waals surface area contributed by atoms with Gasteiger partial charge in [0.1, 0.15) is 11.6 Å². The zero-order valence-electron chi connectivity index (χ0n) is 10.2. The zero-order valence-corrected chi connectivity index (χ0v) is 11.8. The molecule has 0 fully saturated rings. The van der Waals surface area contributed by atoms with Crippen LogP contribution in [0.5, 0.6) is 0 Å². The molecule has 1 aromatic carbocycles. The van der Waals surface area contributed by atoms with Crippen LogP contribution in [-0.4, -0.2) is 16.5 Å². The molecule has 2 aromatic rings. The van der Waals surface area contributed by atoms with E-state index in [1.165, 1.54) is 11.8 Å². The average molecular weight is 302 g/mol. The lowest BCUT2D eigenvalue weighted by Gasteiger charge is -2.11. The van der Waals surface area contributed by atoms with Gasteiger partial charge in [-0.2, -0.15) is 5.26 Å². The molecule has 0 unspecified atom stereocenters. The number of carbonyl (C=O) groups excluding carboxylic acids is 1. The highest BCUT2D eigenvalue weighted by Crippen LogP contribution is 2.36. The summed E-state index contributed by atoms with van der Waals surface area (Å²) >= 11 is 7.53. The molecule has 20 heavy (non-hydrogen) atoms. The van der Waals surface area contributed by atoms with Crippen LogP contribution in [0.1, 0.15) is 0 Å². The van der Waals surface area contributed by atoms with Gasteiger partial charge in [-0.25, -0.2) is 0 Å². The van der Waals surface area contributed by atoms with Crippen LogP contribution in [0.3, 0.4) is 0 Å². The molecule has 1 aromatic heterocycles. The first kappa shape index (κ1) is 13.0. The molecule has 4 nitrogen and oxygen atoms in total. The van der Waals surface area contributed by atoms with Crippen molar-refractivity contribution >= 4 is 45.7 Å². The summed E-state index contributed by atoms with van der Waals surface area (Å²) in [5.41, 5.74) is 1.63. The van der Waals surface area contributed by atoms with Crippen molar-refractivity contribution in [2.75, 3.05) is 11.1 Å². The molecule has 1 aliphatic heterocycles. The first-order valence-electron chi connectivity index (χ1n) is 5.81. The maximum absolute atomic E-state index is 11.6. The predicted octanol–water partition coefficient (Wildman–Crippen LogP) is 3.35. The number of anilines is 1. The minimum atomic E-state index is -0.158. The first-order chi connectivity index (χ1) is 9.70. The van der Waals surface area contributed by atoms with Crippen LogP contribution in [0.4, 0.5) is 5.69 Å². The predicted molar refractivity (Wildman–Crippen MR) is 80.5 cm³/mol. The second kappa shape index (κ2) is 5.16. The fourth-order valence-corrected chi connectivity index (χ4v) is 3.10. The normalized spacial score (nSPS) is 14.7. The van der Waals surface area contributed by atoms with Crippen molar-refractivity contribution in [2.24, 2.45) is 0 Å². The number of halogens is 1. The van der Waals surface area contributed by atoms with Crippen molar-refractivity contribution < 1.29 is 4.79 Å². The zero-order chi connectivity index (χ0) is 14.1. The SMILES string of the molecule is N#CC1=C(Nc2c(Cl)ccc3ncccc23)SCC1=O. The molecule has 0 aliphatic carbocycles. The molecule has 98 valence electrons. The number of rotatable bonds is 2. The summed E-state index contributed by atoms with van der Waals surface area (Å²) in [4.78, 5) is 15.8. The summed E-state index contributed by atoms with van der Waals surface area (Å²) in [5, 5.41) is 14.1. The molecular formula is C14H8ClN3OS. The standard InChI is InChI=1S/C14H8ClN3OS/c15-10-3-4-11-8(2-1-5-17-11)13(10)18-14-9(6-16)12(19)7-20-14/h1-5,18H,7H2. The molecule has 3 rings (SSSR count). The van der Waals surface area contributed by atoms with E-state index < -0.39 is 0 Å². The van der Waals surface area contributed by atoms with Gasteiger partial charge in [0.15, 0.2) is 5.78 Å². The van der Waals surface area contributed by atoms with E-state index in [9.17, 15) is 4.79 Å². The van der Waals surface area contributed by atoms with Gasteiger partial charge < -0.3 is 5.32 Å². The number of nitrogens with one attached hydrogen (secondary N) is 1. The van der Waals surface area contributed by atoms with E-state index >= 15 is 0 Å². The van der Waals surface area contributed by atoms with E-state index in [2.05, 4.69) is 10.3 Å². The second-order valence-electron chi connectivity index (χ2n) is 4.15. The molecule has 1 N–H and O–H groups in total. The largest absolute Gasteiger partial charge is 0.347 e. The summed E-state index contributed by atoms with van der Waals surface area (Å²) in [6.45, 7) is 0. The van der Waals surface area contributed by atoms with Gasteiger partial charge in [0.05, 0.1) is 27.0 Å². The molecule has 0 saturated carbocycles. The Labute approximate surface area is 124 Å².